The Bertz CT molecular complexity index is 1560. The lowest BCUT2D eigenvalue weighted by Gasteiger charge is -2.07. The zero-order valence-corrected chi connectivity index (χ0v) is 19.9. The van der Waals surface area contributed by atoms with Gasteiger partial charge in [0, 0.05) is 33.5 Å². The molecule has 0 saturated carbocycles. The van der Waals surface area contributed by atoms with Gasteiger partial charge in [-0.05, 0) is 52.3 Å². The van der Waals surface area contributed by atoms with Crippen molar-refractivity contribution in [2.24, 2.45) is 0 Å². The molecule has 0 aliphatic heterocycles. The third-order valence-electron chi connectivity index (χ3n) is 5.10. The first-order valence-corrected chi connectivity index (χ1v) is 11.4. The van der Waals surface area contributed by atoms with Crippen LogP contribution in [0.1, 0.15) is 16.1 Å². The Hall–Kier alpha value is -3.75. The molecule has 0 saturated heterocycles. The Balaban J connectivity index is 1.46. The summed E-state index contributed by atoms with van der Waals surface area (Å²) in [4.78, 5) is 29.9. The maximum absolute atomic E-state index is 13.1. The number of benzene rings is 2. The normalized spacial score (nSPS) is 11.0. The largest absolute Gasteiger partial charge is 0.455 e. The number of aromatic nitrogens is 4. The molecular formula is C25H16BrClN4O3. The van der Waals surface area contributed by atoms with Crippen LogP contribution < -0.4 is 5.56 Å². The number of ether oxygens (including phenoxy) is 1. The fourth-order valence-corrected chi connectivity index (χ4v) is 3.94. The number of nitrogens with zero attached hydrogens (tertiary/aromatic N) is 4. The second-order valence-electron chi connectivity index (χ2n) is 7.42. The van der Waals surface area contributed by atoms with E-state index in [1.54, 1.807) is 53.5 Å². The average molecular weight is 536 g/mol. The van der Waals surface area contributed by atoms with Crippen LogP contribution in [0.15, 0.2) is 94.5 Å². The van der Waals surface area contributed by atoms with Gasteiger partial charge in [0.2, 0.25) is 0 Å². The van der Waals surface area contributed by atoms with E-state index in [9.17, 15) is 9.59 Å². The molecule has 9 heteroatoms. The van der Waals surface area contributed by atoms with E-state index in [1.165, 1.54) is 10.5 Å². The molecule has 0 radical (unpaired) electrons. The predicted octanol–water partition coefficient (Wildman–Crippen LogP) is 5.32. The first kappa shape index (κ1) is 22.1. The molecule has 0 unspecified atom stereocenters. The zero-order valence-electron chi connectivity index (χ0n) is 17.6. The number of esters is 1. The van der Waals surface area contributed by atoms with Crippen molar-refractivity contribution in [1.29, 1.82) is 0 Å². The highest BCUT2D eigenvalue weighted by molar-refractivity contribution is 9.10. The number of pyridine rings is 1. The van der Waals surface area contributed by atoms with E-state index in [0.29, 0.717) is 22.1 Å². The van der Waals surface area contributed by atoms with Gasteiger partial charge in [-0.3, -0.25) is 9.20 Å². The maximum atomic E-state index is 13.1. The lowest BCUT2D eigenvalue weighted by molar-refractivity contribution is 0.0468. The molecule has 0 spiro atoms. The summed E-state index contributed by atoms with van der Waals surface area (Å²) >= 11 is 9.37. The van der Waals surface area contributed by atoms with Crippen molar-refractivity contribution in [2.45, 2.75) is 6.61 Å². The summed E-state index contributed by atoms with van der Waals surface area (Å²) in [5.74, 6) is -0.579. The van der Waals surface area contributed by atoms with Crippen LogP contribution in [0.5, 0.6) is 0 Å². The number of fused-ring (bicyclic) bond motifs is 1. The molecule has 5 aromatic rings. The van der Waals surface area contributed by atoms with Crippen molar-refractivity contribution in [1.82, 2.24) is 19.2 Å². The van der Waals surface area contributed by atoms with Gasteiger partial charge < -0.3 is 4.74 Å². The van der Waals surface area contributed by atoms with Crippen LogP contribution in [0.25, 0.3) is 22.6 Å². The van der Waals surface area contributed by atoms with Crippen molar-refractivity contribution in [2.75, 3.05) is 0 Å². The molecule has 0 bridgehead atoms. The number of hydrogen-bond donors (Lipinski definition) is 0. The SMILES string of the molecule is O=C(OCc1cc(=O)n2cc(Br)ccc2n1)c1cn(-c2ccccc2)nc1-c1ccc(Cl)cc1. The fourth-order valence-electron chi connectivity index (χ4n) is 3.47. The first-order chi connectivity index (χ1) is 16.5. The molecule has 0 fully saturated rings. The summed E-state index contributed by atoms with van der Waals surface area (Å²) in [5, 5.41) is 5.20. The quantitative estimate of drug-likeness (QED) is 0.285. The molecule has 5 rings (SSSR count). The van der Waals surface area contributed by atoms with E-state index >= 15 is 0 Å². The van der Waals surface area contributed by atoms with Crippen LogP contribution in [0.4, 0.5) is 0 Å². The molecule has 168 valence electrons. The Morgan fingerprint density at radius 2 is 1.76 bits per heavy atom. The van der Waals surface area contributed by atoms with E-state index in [1.807, 2.05) is 30.3 Å². The smallest absolute Gasteiger partial charge is 0.342 e. The lowest BCUT2D eigenvalue weighted by atomic mass is 10.1. The van der Waals surface area contributed by atoms with Crippen molar-refractivity contribution < 1.29 is 9.53 Å². The van der Waals surface area contributed by atoms with Gasteiger partial charge in [0.1, 0.15) is 23.5 Å². The molecule has 2 aromatic carbocycles. The summed E-state index contributed by atoms with van der Waals surface area (Å²) in [6.45, 7) is -0.156. The van der Waals surface area contributed by atoms with E-state index < -0.39 is 5.97 Å². The van der Waals surface area contributed by atoms with Crippen LogP contribution in [0.2, 0.25) is 5.02 Å². The molecule has 0 amide bonds. The van der Waals surface area contributed by atoms with Crippen molar-refractivity contribution in [3.63, 3.8) is 0 Å². The first-order valence-electron chi connectivity index (χ1n) is 10.2. The number of halogens is 2. The Morgan fingerprint density at radius 3 is 2.53 bits per heavy atom. The Morgan fingerprint density at radius 1 is 1.00 bits per heavy atom. The summed E-state index contributed by atoms with van der Waals surface area (Å²) in [5.41, 5.74) is 2.81. The summed E-state index contributed by atoms with van der Waals surface area (Å²) < 4.78 is 9.33. The highest BCUT2D eigenvalue weighted by Crippen LogP contribution is 2.26. The van der Waals surface area contributed by atoms with Gasteiger partial charge in [0.05, 0.1) is 11.4 Å². The van der Waals surface area contributed by atoms with Crippen molar-refractivity contribution >= 4 is 39.1 Å². The third kappa shape index (κ3) is 4.50. The van der Waals surface area contributed by atoms with Gasteiger partial charge in [-0.15, -0.1) is 0 Å². The number of para-hydroxylation sites is 1. The monoisotopic (exact) mass is 534 g/mol. The molecule has 7 nitrogen and oxygen atoms in total. The highest BCUT2D eigenvalue weighted by atomic mass is 79.9. The van der Waals surface area contributed by atoms with Gasteiger partial charge in [-0.1, -0.05) is 41.9 Å². The van der Waals surface area contributed by atoms with Crippen molar-refractivity contribution in [3.8, 4) is 16.9 Å². The molecule has 3 heterocycles. The van der Waals surface area contributed by atoms with Gasteiger partial charge >= 0.3 is 5.97 Å². The molecule has 0 aliphatic carbocycles. The highest BCUT2D eigenvalue weighted by Gasteiger charge is 2.20. The fraction of sp³-hybridized carbons (Fsp3) is 0.0400. The van der Waals surface area contributed by atoms with Crippen LogP contribution in [0, 0.1) is 0 Å². The summed E-state index contributed by atoms with van der Waals surface area (Å²) in [6.07, 6.45) is 3.26. The zero-order chi connectivity index (χ0) is 23.7. The number of hydrogen-bond acceptors (Lipinski definition) is 5. The standard InChI is InChI=1S/C25H16BrClN4O3/c26-17-8-11-22-28-19(12-23(32)30(22)13-17)15-34-25(33)21-14-31(20-4-2-1-3-5-20)29-24(21)16-6-9-18(27)10-7-16/h1-14H,15H2. The molecular weight excluding hydrogens is 520 g/mol. The van der Waals surface area contributed by atoms with E-state index in [2.05, 4.69) is 26.0 Å². The number of carbonyl (C=O) groups is 1. The minimum absolute atomic E-state index is 0.156. The average Bonchev–Trinajstić information content (AvgIpc) is 3.30. The second kappa shape index (κ2) is 9.24. The van der Waals surface area contributed by atoms with Gasteiger partial charge in [-0.25, -0.2) is 14.5 Å². The minimum Gasteiger partial charge on any atom is -0.455 e. The van der Waals surface area contributed by atoms with Crippen LogP contribution >= 0.6 is 27.5 Å². The molecule has 0 aliphatic rings. The van der Waals surface area contributed by atoms with Gasteiger partial charge in [0.15, 0.2) is 0 Å². The van der Waals surface area contributed by atoms with Crippen LogP contribution in [0.3, 0.4) is 0 Å². The predicted molar refractivity (Wildman–Crippen MR) is 132 cm³/mol. The summed E-state index contributed by atoms with van der Waals surface area (Å²) in [6, 6.07) is 21.3. The van der Waals surface area contributed by atoms with Gasteiger partial charge in [-0.2, -0.15) is 5.10 Å². The molecule has 3 aromatic heterocycles. The number of carbonyl (C=O) groups excluding carboxylic acids is 1. The van der Waals surface area contributed by atoms with Crippen LogP contribution in [-0.2, 0) is 11.3 Å². The van der Waals surface area contributed by atoms with E-state index in [0.717, 1.165) is 15.7 Å². The molecule has 34 heavy (non-hydrogen) atoms. The third-order valence-corrected chi connectivity index (χ3v) is 5.82. The molecule has 0 N–H and O–H groups in total. The maximum Gasteiger partial charge on any atom is 0.342 e. The number of rotatable bonds is 5. The minimum atomic E-state index is -0.579. The lowest BCUT2D eigenvalue weighted by Crippen LogP contribution is -2.16. The van der Waals surface area contributed by atoms with E-state index in [4.69, 9.17) is 16.3 Å². The van der Waals surface area contributed by atoms with Crippen molar-refractivity contribution in [3.05, 3.63) is 116 Å². The Kier molecular flexibility index (Phi) is 6.00. The van der Waals surface area contributed by atoms with Gasteiger partial charge in [0.25, 0.3) is 5.56 Å². The van der Waals surface area contributed by atoms with Crippen LogP contribution in [-0.4, -0.2) is 25.1 Å². The topological polar surface area (TPSA) is 78.5 Å². The molecule has 0 atom stereocenters. The summed E-state index contributed by atoms with van der Waals surface area (Å²) in [7, 11) is 0. The second-order valence-corrected chi connectivity index (χ2v) is 8.77. The van der Waals surface area contributed by atoms with E-state index in [-0.39, 0.29) is 17.7 Å². The Labute approximate surface area is 207 Å².